The van der Waals surface area contributed by atoms with E-state index in [1.807, 2.05) is 0 Å². The van der Waals surface area contributed by atoms with Gasteiger partial charge in [-0.15, -0.1) is 11.3 Å². The van der Waals surface area contributed by atoms with Gasteiger partial charge in [-0.1, -0.05) is 11.6 Å². The van der Waals surface area contributed by atoms with Crippen LogP contribution < -0.4 is 0 Å². The van der Waals surface area contributed by atoms with Crippen LogP contribution in [0.25, 0.3) is 0 Å². The molecule has 0 amide bonds. The largest absolute Gasteiger partial charge is 0.401 e. The number of aliphatic hydroxyl groups excluding tert-OH is 1. The van der Waals surface area contributed by atoms with E-state index in [1.165, 1.54) is 19.1 Å². The second-order valence-electron chi connectivity index (χ2n) is 3.95. The number of alkyl halides is 3. The van der Waals surface area contributed by atoms with Crippen LogP contribution in [0.5, 0.6) is 0 Å². The summed E-state index contributed by atoms with van der Waals surface area (Å²) >= 11 is 6.71. The van der Waals surface area contributed by atoms with Crippen molar-refractivity contribution < 1.29 is 23.1 Å². The third kappa shape index (κ3) is 5.10. The zero-order valence-corrected chi connectivity index (χ0v) is 11.6. The van der Waals surface area contributed by atoms with E-state index in [9.17, 15) is 18.0 Å². The zero-order valence-electron chi connectivity index (χ0n) is 10.1. The van der Waals surface area contributed by atoms with E-state index < -0.39 is 31.2 Å². The summed E-state index contributed by atoms with van der Waals surface area (Å²) in [5.41, 5.74) is 0. The van der Waals surface area contributed by atoms with Crippen LogP contribution in [0.15, 0.2) is 12.1 Å². The van der Waals surface area contributed by atoms with Crippen molar-refractivity contribution in [3.8, 4) is 0 Å². The average molecular weight is 316 g/mol. The molecule has 1 atom stereocenters. The first-order valence-corrected chi connectivity index (χ1v) is 6.65. The third-order valence-corrected chi connectivity index (χ3v) is 3.76. The van der Waals surface area contributed by atoms with Crippen molar-refractivity contribution in [3.05, 3.63) is 21.3 Å². The van der Waals surface area contributed by atoms with Crippen LogP contribution in [-0.2, 0) is 0 Å². The summed E-state index contributed by atoms with van der Waals surface area (Å²) < 4.78 is 37.6. The van der Waals surface area contributed by atoms with Gasteiger partial charge in [0.15, 0.2) is 5.78 Å². The van der Waals surface area contributed by atoms with Gasteiger partial charge in [0.1, 0.15) is 0 Å². The van der Waals surface area contributed by atoms with Crippen molar-refractivity contribution in [3.63, 3.8) is 0 Å². The molecule has 19 heavy (non-hydrogen) atoms. The molecule has 0 bridgehead atoms. The molecule has 0 saturated heterocycles. The minimum atomic E-state index is -4.42. The van der Waals surface area contributed by atoms with Gasteiger partial charge in [0.05, 0.1) is 28.4 Å². The Morgan fingerprint density at radius 2 is 2.16 bits per heavy atom. The lowest BCUT2D eigenvalue weighted by molar-refractivity contribution is -0.149. The summed E-state index contributed by atoms with van der Waals surface area (Å²) in [7, 11) is 0. The molecule has 1 rings (SSSR count). The number of hydrogen-bond donors (Lipinski definition) is 1. The Morgan fingerprint density at radius 1 is 1.53 bits per heavy atom. The summed E-state index contributed by atoms with van der Waals surface area (Å²) in [6.07, 6.45) is -4.42. The minimum absolute atomic E-state index is 0.217. The first kappa shape index (κ1) is 16.4. The SMILES string of the molecule is CC(C(=O)c1ccc(Cl)s1)N(CCO)CC(F)(F)F. The second kappa shape index (κ2) is 6.69. The highest BCUT2D eigenvalue weighted by atomic mass is 35.5. The normalized spacial score (nSPS) is 13.8. The van der Waals surface area contributed by atoms with E-state index in [-0.39, 0.29) is 6.54 Å². The van der Waals surface area contributed by atoms with Gasteiger partial charge in [0.2, 0.25) is 0 Å². The fourth-order valence-corrected chi connectivity index (χ4v) is 2.65. The van der Waals surface area contributed by atoms with Gasteiger partial charge in [-0.25, -0.2) is 0 Å². The Balaban J connectivity index is 2.81. The number of hydrogen-bond acceptors (Lipinski definition) is 4. The van der Waals surface area contributed by atoms with Crippen LogP contribution in [0.1, 0.15) is 16.6 Å². The molecule has 0 aliphatic rings. The summed E-state index contributed by atoms with van der Waals surface area (Å²) in [4.78, 5) is 13.2. The molecule has 1 aromatic heterocycles. The average Bonchev–Trinajstić information content (AvgIpc) is 2.71. The molecular weight excluding hydrogens is 303 g/mol. The summed E-state index contributed by atoms with van der Waals surface area (Å²) in [5, 5.41) is 8.80. The summed E-state index contributed by atoms with van der Waals surface area (Å²) in [5.74, 6) is -0.436. The predicted molar refractivity (Wildman–Crippen MR) is 67.8 cm³/mol. The highest BCUT2D eigenvalue weighted by Gasteiger charge is 2.34. The van der Waals surface area contributed by atoms with E-state index in [4.69, 9.17) is 16.7 Å². The van der Waals surface area contributed by atoms with E-state index in [2.05, 4.69) is 0 Å². The highest BCUT2D eigenvalue weighted by Crippen LogP contribution is 2.25. The molecule has 1 unspecified atom stereocenters. The molecule has 0 spiro atoms. The second-order valence-corrected chi connectivity index (χ2v) is 5.67. The number of carbonyl (C=O) groups is 1. The Labute approximate surface area is 117 Å². The zero-order chi connectivity index (χ0) is 14.6. The Kier molecular flexibility index (Phi) is 5.79. The number of halogens is 4. The smallest absolute Gasteiger partial charge is 0.395 e. The maximum atomic E-state index is 12.4. The lowest BCUT2D eigenvalue weighted by Gasteiger charge is -2.27. The van der Waals surface area contributed by atoms with Gasteiger partial charge in [-0.05, 0) is 19.1 Å². The van der Waals surface area contributed by atoms with Crippen molar-refractivity contribution in [2.45, 2.75) is 19.1 Å². The molecule has 0 aliphatic carbocycles. The van der Waals surface area contributed by atoms with Crippen LogP contribution in [-0.4, -0.2) is 47.7 Å². The summed E-state index contributed by atoms with van der Waals surface area (Å²) in [6.45, 7) is -0.513. The van der Waals surface area contributed by atoms with Crippen LogP contribution in [0, 0.1) is 0 Å². The lowest BCUT2D eigenvalue weighted by Crippen LogP contribution is -2.45. The maximum absolute atomic E-state index is 12.4. The van der Waals surface area contributed by atoms with Crippen LogP contribution in [0.3, 0.4) is 0 Å². The highest BCUT2D eigenvalue weighted by molar-refractivity contribution is 7.18. The molecule has 108 valence electrons. The lowest BCUT2D eigenvalue weighted by atomic mass is 10.1. The molecule has 0 aromatic carbocycles. The monoisotopic (exact) mass is 315 g/mol. The number of Topliss-reactive ketones (excluding diaryl/α,β-unsaturated/α-hetero) is 1. The van der Waals surface area contributed by atoms with Gasteiger partial charge < -0.3 is 5.11 Å². The number of rotatable bonds is 6. The molecule has 8 heteroatoms. The predicted octanol–water partition coefficient (Wildman–Crippen LogP) is 2.83. The van der Waals surface area contributed by atoms with Gasteiger partial charge in [0.25, 0.3) is 0 Å². The molecule has 0 saturated carbocycles. The van der Waals surface area contributed by atoms with Crippen LogP contribution in [0.4, 0.5) is 13.2 Å². The van der Waals surface area contributed by atoms with Crippen LogP contribution in [0.2, 0.25) is 4.34 Å². The topological polar surface area (TPSA) is 40.5 Å². The van der Waals surface area contributed by atoms with Crippen LogP contribution >= 0.6 is 22.9 Å². The van der Waals surface area contributed by atoms with Crippen molar-refractivity contribution in [2.75, 3.05) is 19.7 Å². The first-order chi connectivity index (χ1) is 8.74. The minimum Gasteiger partial charge on any atom is -0.395 e. The first-order valence-electron chi connectivity index (χ1n) is 5.46. The number of ketones is 1. The Morgan fingerprint density at radius 3 is 2.58 bits per heavy atom. The maximum Gasteiger partial charge on any atom is 0.401 e. The standard InChI is InChI=1S/C11H13ClF3NO2S/c1-7(10(18)8-2-3-9(12)19-8)16(4-5-17)6-11(13,14)15/h2-3,7,17H,4-6H2,1H3. The van der Waals surface area contributed by atoms with E-state index >= 15 is 0 Å². The molecule has 1 N–H and O–H groups in total. The number of aliphatic hydroxyl groups is 1. The van der Waals surface area contributed by atoms with Crippen molar-refractivity contribution >= 4 is 28.7 Å². The molecule has 3 nitrogen and oxygen atoms in total. The summed E-state index contributed by atoms with van der Waals surface area (Å²) in [6, 6.07) is 2.03. The van der Waals surface area contributed by atoms with E-state index in [0.29, 0.717) is 9.21 Å². The molecule has 0 aliphatic heterocycles. The number of nitrogens with zero attached hydrogens (tertiary/aromatic N) is 1. The van der Waals surface area contributed by atoms with Crippen molar-refractivity contribution in [1.82, 2.24) is 4.90 Å². The number of carbonyl (C=O) groups excluding carboxylic acids is 1. The molecule has 0 fully saturated rings. The number of thiophene rings is 1. The van der Waals surface area contributed by atoms with E-state index in [1.54, 1.807) is 0 Å². The fourth-order valence-electron chi connectivity index (χ4n) is 1.59. The van der Waals surface area contributed by atoms with Gasteiger partial charge in [-0.2, -0.15) is 13.2 Å². The van der Waals surface area contributed by atoms with E-state index in [0.717, 1.165) is 16.2 Å². The Bertz CT molecular complexity index is 436. The van der Waals surface area contributed by atoms with Gasteiger partial charge >= 0.3 is 6.18 Å². The third-order valence-electron chi connectivity index (χ3n) is 2.51. The molecule has 0 radical (unpaired) electrons. The quantitative estimate of drug-likeness (QED) is 0.821. The fraction of sp³-hybridized carbons (Fsp3) is 0.545. The molecular formula is C11H13ClF3NO2S. The Hall–Kier alpha value is -0.630. The van der Waals surface area contributed by atoms with Crippen molar-refractivity contribution in [1.29, 1.82) is 0 Å². The molecule has 1 heterocycles. The van der Waals surface area contributed by atoms with Gasteiger partial charge in [0, 0.05) is 6.54 Å². The molecule has 1 aromatic rings. The van der Waals surface area contributed by atoms with Crippen molar-refractivity contribution in [2.24, 2.45) is 0 Å². The van der Waals surface area contributed by atoms with Gasteiger partial charge in [-0.3, -0.25) is 9.69 Å².